The molecule has 0 radical (unpaired) electrons. The third-order valence-corrected chi connectivity index (χ3v) is 6.62. The Morgan fingerprint density at radius 1 is 0.524 bits per heavy atom. The Morgan fingerprint density at radius 3 is 1.21 bits per heavy atom. The van der Waals surface area contributed by atoms with E-state index in [1.54, 1.807) is 73.1 Å². The van der Waals surface area contributed by atoms with Gasteiger partial charge < -0.3 is 38.2 Å². The molecule has 2 aliphatic rings. The predicted molar refractivity (Wildman–Crippen MR) is 153 cm³/mol. The molecule has 226 valence electrons. The maximum atomic E-state index is 14.0. The number of hydrogen-bond acceptors (Lipinski definition) is 10. The smallest absolute Gasteiger partial charge is 0.261 e. The van der Waals surface area contributed by atoms with Crippen molar-refractivity contribution < 1.29 is 38.0 Å². The molecule has 4 rings (SSSR count). The number of amides is 2. The van der Waals surface area contributed by atoms with E-state index in [2.05, 4.69) is 9.97 Å². The zero-order chi connectivity index (χ0) is 29.6. The van der Waals surface area contributed by atoms with Gasteiger partial charge in [0.25, 0.3) is 11.8 Å². The zero-order valence-electron chi connectivity index (χ0n) is 24.2. The van der Waals surface area contributed by atoms with Crippen LogP contribution >= 0.6 is 0 Å². The average molecular weight is 583 g/mol. The summed E-state index contributed by atoms with van der Waals surface area (Å²) >= 11 is 0. The molecule has 2 aromatic heterocycles. The van der Waals surface area contributed by atoms with Crippen molar-refractivity contribution in [2.24, 2.45) is 0 Å². The van der Waals surface area contributed by atoms with Gasteiger partial charge in [-0.25, -0.2) is 0 Å². The molecule has 0 unspecified atom stereocenters. The lowest BCUT2D eigenvalue weighted by Crippen LogP contribution is -2.33. The molecule has 42 heavy (non-hydrogen) atoms. The second-order valence-electron chi connectivity index (χ2n) is 9.27. The molecule has 0 aromatic carbocycles. The van der Waals surface area contributed by atoms with Gasteiger partial charge in [-0.2, -0.15) is 0 Å². The zero-order valence-corrected chi connectivity index (χ0v) is 24.2. The van der Waals surface area contributed by atoms with Gasteiger partial charge in [-0.1, -0.05) is 0 Å². The lowest BCUT2D eigenvalue weighted by molar-refractivity contribution is -0.124. The highest BCUT2D eigenvalue weighted by Crippen LogP contribution is 2.46. The van der Waals surface area contributed by atoms with Crippen molar-refractivity contribution >= 4 is 23.2 Å². The summed E-state index contributed by atoms with van der Waals surface area (Å²) in [5, 5.41) is 0. The summed E-state index contributed by atoms with van der Waals surface area (Å²) < 4.78 is 32.3. The Hall–Kier alpha value is -3.52. The third-order valence-electron chi connectivity index (χ3n) is 6.62. The maximum Gasteiger partial charge on any atom is 0.261 e. The standard InChI is InChI=1S/C30H38N4O8/c1-37-15-17-41-21-19-39-13-11-33-27(23-3-7-31-8-4-23)25-26(29(33)35)28(24-5-9-32-10-6-24)34(30(25)36)12-14-40-20-22-42-18-16-38-2/h3-10H,11-22H2,1-2H3. The molecule has 0 spiro atoms. The van der Waals surface area contributed by atoms with Crippen molar-refractivity contribution in [1.82, 2.24) is 19.8 Å². The predicted octanol–water partition coefficient (Wildman–Crippen LogP) is 1.64. The van der Waals surface area contributed by atoms with Crippen LogP contribution in [0.2, 0.25) is 0 Å². The van der Waals surface area contributed by atoms with Crippen molar-refractivity contribution in [3.8, 4) is 0 Å². The minimum atomic E-state index is -0.258. The Labute approximate surface area is 245 Å². The van der Waals surface area contributed by atoms with Gasteiger partial charge in [-0.3, -0.25) is 19.6 Å². The molecule has 0 saturated heterocycles. The van der Waals surface area contributed by atoms with Gasteiger partial charge >= 0.3 is 0 Å². The summed E-state index contributed by atoms with van der Waals surface area (Å²) in [7, 11) is 3.24. The molecule has 0 aliphatic carbocycles. The normalized spacial score (nSPS) is 15.0. The Morgan fingerprint density at radius 2 is 0.857 bits per heavy atom. The van der Waals surface area contributed by atoms with Crippen molar-refractivity contribution in [2.45, 2.75) is 0 Å². The van der Waals surface area contributed by atoms with Gasteiger partial charge in [-0.15, -0.1) is 0 Å². The topological polar surface area (TPSA) is 122 Å². The van der Waals surface area contributed by atoms with E-state index < -0.39 is 0 Å². The van der Waals surface area contributed by atoms with Crippen LogP contribution in [0, 0.1) is 0 Å². The first-order chi connectivity index (χ1) is 20.7. The summed E-state index contributed by atoms with van der Waals surface area (Å²) in [6.07, 6.45) is 6.57. The molecule has 0 bridgehead atoms. The number of carbonyl (C=O) groups excluding carboxylic acids is 2. The van der Waals surface area contributed by atoms with E-state index in [1.165, 1.54) is 0 Å². The van der Waals surface area contributed by atoms with Crippen LogP contribution in [0.1, 0.15) is 11.1 Å². The number of fused-ring (bicyclic) bond motifs is 1. The van der Waals surface area contributed by atoms with Crippen molar-refractivity contribution in [2.75, 3.05) is 93.4 Å². The molecule has 0 atom stereocenters. The van der Waals surface area contributed by atoms with E-state index in [9.17, 15) is 9.59 Å². The Kier molecular flexibility index (Phi) is 12.6. The van der Waals surface area contributed by atoms with Gasteiger partial charge in [0.1, 0.15) is 0 Å². The number of aromatic nitrogens is 2. The quantitative estimate of drug-likeness (QED) is 0.213. The van der Waals surface area contributed by atoms with Crippen LogP contribution < -0.4 is 0 Å². The van der Waals surface area contributed by atoms with Gasteiger partial charge in [0.2, 0.25) is 0 Å². The van der Waals surface area contributed by atoms with Gasteiger partial charge in [0.15, 0.2) is 0 Å². The van der Waals surface area contributed by atoms with Crippen LogP contribution in [0.15, 0.2) is 60.2 Å². The first-order valence-electron chi connectivity index (χ1n) is 13.9. The maximum absolute atomic E-state index is 14.0. The van der Waals surface area contributed by atoms with Crippen LogP contribution in [-0.4, -0.2) is 125 Å². The molecule has 2 aliphatic heterocycles. The highest BCUT2D eigenvalue weighted by molar-refractivity contribution is 6.30. The third kappa shape index (κ3) is 7.85. The fraction of sp³-hybridized carbons (Fsp3) is 0.467. The van der Waals surface area contributed by atoms with Crippen LogP contribution in [0.25, 0.3) is 11.4 Å². The first kappa shape index (κ1) is 31.4. The average Bonchev–Trinajstić information content (AvgIpc) is 3.47. The molecule has 12 heteroatoms. The van der Waals surface area contributed by atoms with Crippen LogP contribution in [0.5, 0.6) is 0 Å². The van der Waals surface area contributed by atoms with Crippen molar-refractivity contribution in [3.63, 3.8) is 0 Å². The number of hydrogen-bond donors (Lipinski definition) is 0. The molecule has 0 N–H and O–H groups in total. The molecule has 12 nitrogen and oxygen atoms in total. The number of nitrogens with zero attached hydrogens (tertiary/aromatic N) is 4. The fourth-order valence-corrected chi connectivity index (χ4v) is 4.68. The molecule has 0 saturated carbocycles. The van der Waals surface area contributed by atoms with Crippen molar-refractivity contribution in [1.29, 1.82) is 0 Å². The Balaban J connectivity index is 1.54. The Bertz CT molecular complexity index is 1130. The molecule has 2 amide bonds. The SMILES string of the molecule is COCCOCCOCCN1C(=O)C2=C(c3ccncc3)N(CCOCCOCCOC)C(=O)C2=C1c1ccncc1. The summed E-state index contributed by atoms with van der Waals surface area (Å²) in [6, 6.07) is 7.19. The summed E-state index contributed by atoms with van der Waals surface area (Å²) in [5.74, 6) is -0.515. The fourth-order valence-electron chi connectivity index (χ4n) is 4.68. The highest BCUT2D eigenvalue weighted by atomic mass is 16.5. The minimum Gasteiger partial charge on any atom is -0.382 e. The molecular weight excluding hydrogens is 544 g/mol. The van der Waals surface area contributed by atoms with Crippen LogP contribution in [0.3, 0.4) is 0 Å². The van der Waals surface area contributed by atoms with E-state index in [1.807, 2.05) is 0 Å². The minimum absolute atomic E-state index is 0.258. The second kappa shape index (κ2) is 16.8. The lowest BCUT2D eigenvalue weighted by Gasteiger charge is -2.25. The summed E-state index contributed by atoms with van der Waals surface area (Å²) in [6.45, 7) is 4.68. The van der Waals surface area contributed by atoms with E-state index in [0.717, 1.165) is 11.1 Å². The molecule has 4 heterocycles. The largest absolute Gasteiger partial charge is 0.382 e. The van der Waals surface area contributed by atoms with Crippen LogP contribution in [0.4, 0.5) is 0 Å². The van der Waals surface area contributed by atoms with E-state index in [0.29, 0.717) is 75.4 Å². The van der Waals surface area contributed by atoms with Gasteiger partial charge in [0.05, 0.1) is 88.6 Å². The number of ether oxygens (including phenoxy) is 6. The van der Waals surface area contributed by atoms with Gasteiger partial charge in [-0.05, 0) is 24.3 Å². The molecule has 2 aromatic rings. The van der Waals surface area contributed by atoms with Gasteiger partial charge in [0, 0.05) is 63.2 Å². The number of methoxy groups -OCH3 is 2. The summed E-state index contributed by atoms with van der Waals surface area (Å²) in [5.41, 5.74) is 3.26. The van der Waals surface area contributed by atoms with E-state index in [4.69, 9.17) is 28.4 Å². The lowest BCUT2D eigenvalue weighted by atomic mass is 10.0. The highest BCUT2D eigenvalue weighted by Gasteiger charge is 2.48. The number of pyridine rings is 2. The first-order valence-corrected chi connectivity index (χ1v) is 13.9. The molecular formula is C30H38N4O8. The second-order valence-corrected chi connectivity index (χ2v) is 9.27. The summed E-state index contributed by atoms with van der Waals surface area (Å²) in [4.78, 5) is 39.6. The van der Waals surface area contributed by atoms with Crippen LogP contribution in [-0.2, 0) is 38.0 Å². The number of rotatable bonds is 20. The van der Waals surface area contributed by atoms with E-state index >= 15 is 0 Å². The van der Waals surface area contributed by atoms with Crippen molar-refractivity contribution in [3.05, 3.63) is 71.3 Å². The monoisotopic (exact) mass is 582 g/mol. The van der Waals surface area contributed by atoms with E-state index in [-0.39, 0.29) is 38.1 Å². The number of carbonyl (C=O) groups is 2. The molecule has 0 fully saturated rings.